The minimum Gasteiger partial charge on any atom is -0.399 e. The number of benzene rings is 2. The van der Waals surface area contributed by atoms with Crippen LogP contribution in [0.25, 0.3) is 0 Å². The lowest BCUT2D eigenvalue weighted by Gasteiger charge is -2.10. The van der Waals surface area contributed by atoms with Crippen molar-refractivity contribution in [2.45, 2.75) is 14.7 Å². The number of nitrogens with one attached hydrogen (secondary N) is 1. The molecule has 3 N–H and O–H groups in total. The van der Waals surface area contributed by atoms with E-state index in [0.717, 1.165) is 4.90 Å². The smallest absolute Gasteiger partial charge is 0.241 e. The van der Waals surface area contributed by atoms with Gasteiger partial charge in [0.25, 0.3) is 0 Å². The molecule has 8 heteroatoms. The molecule has 112 valence electrons. The van der Waals surface area contributed by atoms with Crippen LogP contribution in [0.1, 0.15) is 0 Å². The number of anilines is 1. The van der Waals surface area contributed by atoms with Crippen LogP contribution < -0.4 is 10.5 Å². The molecule has 0 aromatic heterocycles. The van der Waals surface area contributed by atoms with Crippen molar-refractivity contribution in [1.82, 2.24) is 4.72 Å². The van der Waals surface area contributed by atoms with Crippen LogP contribution in [0.5, 0.6) is 0 Å². The van der Waals surface area contributed by atoms with E-state index in [2.05, 4.69) is 4.72 Å². The van der Waals surface area contributed by atoms with Crippen molar-refractivity contribution in [3.05, 3.63) is 46.4 Å². The number of sulfonamides is 1. The van der Waals surface area contributed by atoms with E-state index in [0.29, 0.717) is 20.6 Å². The van der Waals surface area contributed by atoms with Gasteiger partial charge in [0.15, 0.2) is 0 Å². The van der Waals surface area contributed by atoms with E-state index >= 15 is 0 Å². The fraction of sp³-hybridized carbons (Fsp3) is 0.0769. The van der Waals surface area contributed by atoms with Gasteiger partial charge in [0.05, 0.1) is 14.9 Å². The van der Waals surface area contributed by atoms with E-state index in [1.54, 1.807) is 30.3 Å². The van der Waals surface area contributed by atoms with E-state index < -0.39 is 10.0 Å². The molecule has 4 nitrogen and oxygen atoms in total. The van der Waals surface area contributed by atoms with Crippen molar-refractivity contribution in [2.75, 3.05) is 12.8 Å². The number of nitrogen functional groups attached to an aromatic ring is 1. The average Bonchev–Trinajstić information content (AvgIpc) is 2.44. The van der Waals surface area contributed by atoms with E-state index in [9.17, 15) is 8.42 Å². The molecule has 0 saturated carbocycles. The monoisotopic (exact) mass is 362 g/mol. The Kier molecular flexibility index (Phi) is 5.06. The molecule has 0 radical (unpaired) electrons. The predicted octanol–water partition coefficient (Wildman–Crippen LogP) is 3.63. The van der Waals surface area contributed by atoms with E-state index in [1.165, 1.54) is 24.9 Å². The molecule has 0 spiro atoms. The predicted molar refractivity (Wildman–Crippen MR) is 87.7 cm³/mol. The SMILES string of the molecule is CNS(=O)(=O)c1cc(N)ccc1Sc1ccc(Cl)c(Cl)c1. The van der Waals surface area contributed by atoms with Gasteiger partial charge in [-0.3, -0.25) is 0 Å². The van der Waals surface area contributed by atoms with Gasteiger partial charge in [0.1, 0.15) is 0 Å². The molecule has 0 heterocycles. The second kappa shape index (κ2) is 6.46. The Morgan fingerprint density at radius 2 is 1.81 bits per heavy atom. The van der Waals surface area contributed by atoms with Crippen LogP contribution in [0, 0.1) is 0 Å². The van der Waals surface area contributed by atoms with Crippen LogP contribution in [0.15, 0.2) is 51.1 Å². The van der Waals surface area contributed by atoms with Gasteiger partial charge >= 0.3 is 0 Å². The molecule has 0 fully saturated rings. The molecule has 21 heavy (non-hydrogen) atoms. The summed E-state index contributed by atoms with van der Waals surface area (Å²) in [6.45, 7) is 0. The van der Waals surface area contributed by atoms with Gasteiger partial charge in [0.2, 0.25) is 10.0 Å². The number of nitrogens with two attached hydrogens (primary N) is 1. The normalized spacial score (nSPS) is 11.6. The van der Waals surface area contributed by atoms with Crippen molar-refractivity contribution < 1.29 is 8.42 Å². The lowest BCUT2D eigenvalue weighted by Crippen LogP contribution is -2.19. The Labute approximate surface area is 137 Å². The van der Waals surface area contributed by atoms with Crippen LogP contribution in [-0.4, -0.2) is 15.5 Å². The van der Waals surface area contributed by atoms with Gasteiger partial charge in [-0.2, -0.15) is 0 Å². The zero-order chi connectivity index (χ0) is 15.6. The average molecular weight is 363 g/mol. The summed E-state index contributed by atoms with van der Waals surface area (Å²) in [5.41, 5.74) is 6.05. The third kappa shape index (κ3) is 3.84. The summed E-state index contributed by atoms with van der Waals surface area (Å²) in [6, 6.07) is 9.84. The minimum atomic E-state index is -3.60. The molecule has 0 aliphatic heterocycles. The molecule has 0 saturated heterocycles. The summed E-state index contributed by atoms with van der Waals surface area (Å²) >= 11 is 13.1. The summed E-state index contributed by atoms with van der Waals surface area (Å²) in [5.74, 6) is 0. The molecule has 0 bridgehead atoms. The maximum atomic E-state index is 12.1. The Morgan fingerprint density at radius 1 is 1.10 bits per heavy atom. The maximum absolute atomic E-state index is 12.1. The zero-order valence-electron chi connectivity index (χ0n) is 10.9. The lowest BCUT2D eigenvalue weighted by molar-refractivity contribution is 0.586. The highest BCUT2D eigenvalue weighted by Crippen LogP contribution is 2.36. The molecule has 0 atom stereocenters. The van der Waals surface area contributed by atoms with E-state index in [1.807, 2.05) is 0 Å². The summed E-state index contributed by atoms with van der Waals surface area (Å²) in [5, 5.41) is 0.858. The Morgan fingerprint density at radius 3 is 2.43 bits per heavy atom. The fourth-order valence-corrected chi connectivity index (χ4v) is 4.12. The van der Waals surface area contributed by atoms with Crippen LogP contribution in [0.4, 0.5) is 5.69 Å². The van der Waals surface area contributed by atoms with Crippen LogP contribution in [0.3, 0.4) is 0 Å². The lowest BCUT2D eigenvalue weighted by atomic mass is 10.3. The number of hydrogen-bond donors (Lipinski definition) is 2. The number of rotatable bonds is 4. The molecular formula is C13H12Cl2N2O2S2. The first kappa shape index (κ1) is 16.5. The third-order valence-electron chi connectivity index (χ3n) is 2.64. The molecule has 2 aromatic rings. The number of hydrogen-bond acceptors (Lipinski definition) is 4. The molecule has 0 aliphatic carbocycles. The highest BCUT2D eigenvalue weighted by molar-refractivity contribution is 8.00. The van der Waals surface area contributed by atoms with Crippen molar-refractivity contribution >= 4 is 50.7 Å². The minimum absolute atomic E-state index is 0.126. The van der Waals surface area contributed by atoms with E-state index in [-0.39, 0.29) is 4.90 Å². The Balaban J connectivity index is 2.47. The van der Waals surface area contributed by atoms with Gasteiger partial charge in [-0.25, -0.2) is 13.1 Å². The molecular weight excluding hydrogens is 351 g/mol. The first-order chi connectivity index (χ1) is 9.83. The van der Waals surface area contributed by atoms with Crippen molar-refractivity contribution in [3.63, 3.8) is 0 Å². The Hall–Kier alpha value is -0.920. The Bertz CT molecular complexity index is 780. The van der Waals surface area contributed by atoms with Crippen molar-refractivity contribution in [2.24, 2.45) is 0 Å². The maximum Gasteiger partial charge on any atom is 0.241 e. The highest BCUT2D eigenvalue weighted by Gasteiger charge is 2.18. The van der Waals surface area contributed by atoms with Crippen LogP contribution >= 0.6 is 35.0 Å². The molecule has 2 aromatic carbocycles. The van der Waals surface area contributed by atoms with Gasteiger partial charge in [0, 0.05) is 15.5 Å². The number of halogens is 2. The fourth-order valence-electron chi connectivity index (χ4n) is 1.60. The highest BCUT2D eigenvalue weighted by atomic mass is 35.5. The van der Waals surface area contributed by atoms with Gasteiger partial charge < -0.3 is 5.73 Å². The molecule has 0 unspecified atom stereocenters. The van der Waals surface area contributed by atoms with Gasteiger partial charge in [-0.15, -0.1) is 0 Å². The standard InChI is InChI=1S/C13H12Cl2N2O2S2/c1-17-21(18,19)13-6-8(16)2-5-12(13)20-9-3-4-10(14)11(15)7-9/h2-7,17H,16H2,1H3. The molecule has 2 rings (SSSR count). The summed E-state index contributed by atoms with van der Waals surface area (Å²) in [6.07, 6.45) is 0. The van der Waals surface area contributed by atoms with Crippen LogP contribution in [0.2, 0.25) is 10.0 Å². The largest absolute Gasteiger partial charge is 0.399 e. The second-order valence-corrected chi connectivity index (χ2v) is 7.88. The third-order valence-corrected chi connectivity index (χ3v) is 6.03. The van der Waals surface area contributed by atoms with Crippen LogP contribution in [-0.2, 0) is 10.0 Å². The second-order valence-electron chi connectivity index (χ2n) is 4.09. The van der Waals surface area contributed by atoms with Crippen molar-refractivity contribution in [3.8, 4) is 0 Å². The summed E-state index contributed by atoms with van der Waals surface area (Å²) < 4.78 is 26.4. The topological polar surface area (TPSA) is 72.2 Å². The van der Waals surface area contributed by atoms with E-state index in [4.69, 9.17) is 28.9 Å². The summed E-state index contributed by atoms with van der Waals surface area (Å²) in [7, 11) is -2.25. The van der Waals surface area contributed by atoms with Gasteiger partial charge in [-0.1, -0.05) is 35.0 Å². The molecule has 0 aliphatic rings. The summed E-state index contributed by atoms with van der Waals surface area (Å²) in [4.78, 5) is 1.46. The first-order valence-corrected chi connectivity index (χ1v) is 8.85. The van der Waals surface area contributed by atoms with Gasteiger partial charge in [-0.05, 0) is 43.4 Å². The molecule has 0 amide bonds. The first-order valence-electron chi connectivity index (χ1n) is 5.79. The van der Waals surface area contributed by atoms with Crippen molar-refractivity contribution in [1.29, 1.82) is 0 Å². The zero-order valence-corrected chi connectivity index (χ0v) is 14.1. The quantitative estimate of drug-likeness (QED) is 0.814.